The molecule has 0 aliphatic rings. The zero-order valence-electron chi connectivity index (χ0n) is 26.0. The highest BCUT2D eigenvalue weighted by atomic mass is 16.3. The highest BCUT2D eigenvalue weighted by Gasteiger charge is 2.21. The molecule has 0 amide bonds. The van der Waals surface area contributed by atoms with Gasteiger partial charge in [0, 0.05) is 48.8 Å². The second kappa shape index (κ2) is 9.86. The van der Waals surface area contributed by atoms with Gasteiger partial charge in [0.1, 0.15) is 22.3 Å². The minimum atomic E-state index is 0.538. The predicted molar refractivity (Wildman–Crippen MR) is 197 cm³/mol. The van der Waals surface area contributed by atoms with Crippen molar-refractivity contribution in [3.63, 3.8) is 0 Å². The molecule has 0 saturated heterocycles. The van der Waals surface area contributed by atoms with Gasteiger partial charge in [-0.1, -0.05) is 103 Å². The Labute approximate surface area is 278 Å². The topological polar surface area (TPSA) is 69.9 Å². The van der Waals surface area contributed by atoms with Gasteiger partial charge in [0.2, 0.25) is 5.95 Å². The molecule has 0 fully saturated rings. The van der Waals surface area contributed by atoms with Crippen molar-refractivity contribution < 1.29 is 8.83 Å². The summed E-state index contributed by atoms with van der Waals surface area (Å²) in [6, 6.07) is 49.8. The van der Waals surface area contributed by atoms with Crippen LogP contribution in [0.1, 0.15) is 0 Å². The molecule has 0 bridgehead atoms. The van der Waals surface area contributed by atoms with Gasteiger partial charge in [-0.15, -0.1) is 0 Å². The van der Waals surface area contributed by atoms with Crippen molar-refractivity contribution in [2.24, 2.45) is 0 Å². The molecule has 49 heavy (non-hydrogen) atoms. The first kappa shape index (κ1) is 26.3. The van der Waals surface area contributed by atoms with Gasteiger partial charge < -0.3 is 8.83 Å². The van der Waals surface area contributed by atoms with Crippen LogP contribution in [0.25, 0.3) is 105 Å². The van der Waals surface area contributed by atoms with Gasteiger partial charge in [-0.2, -0.15) is 9.97 Å². The molecule has 6 nitrogen and oxygen atoms in total. The van der Waals surface area contributed by atoms with Gasteiger partial charge in [-0.3, -0.25) is 4.57 Å². The van der Waals surface area contributed by atoms with E-state index in [1.54, 1.807) is 0 Å². The van der Waals surface area contributed by atoms with E-state index in [4.69, 9.17) is 23.8 Å². The smallest absolute Gasteiger partial charge is 0.238 e. The van der Waals surface area contributed by atoms with Crippen LogP contribution in [0.4, 0.5) is 0 Å². The quantitative estimate of drug-likeness (QED) is 0.195. The normalized spacial score (nSPS) is 12.1. The van der Waals surface area contributed by atoms with Gasteiger partial charge in [0.15, 0.2) is 11.6 Å². The van der Waals surface area contributed by atoms with Crippen LogP contribution in [0.2, 0.25) is 0 Å². The maximum atomic E-state index is 6.55. The molecular weight excluding hydrogens is 604 g/mol. The maximum absolute atomic E-state index is 6.55. The van der Waals surface area contributed by atoms with Crippen LogP contribution in [0.5, 0.6) is 0 Å². The highest BCUT2D eigenvalue weighted by Crippen LogP contribution is 2.40. The third kappa shape index (κ3) is 3.79. The van der Waals surface area contributed by atoms with Crippen LogP contribution < -0.4 is 0 Å². The molecular formula is C43H24N4O2. The van der Waals surface area contributed by atoms with Crippen molar-refractivity contribution in [2.75, 3.05) is 0 Å². The molecule has 7 aromatic carbocycles. The molecule has 11 aromatic rings. The SMILES string of the molecule is c1cc(-c2nc(-c3ccc4c(c3)oc3ccccc34)nc(-n3c4ccccc4c4ccccc43)n2)c2c(c1)ccc1c3ccccc3oc12. The zero-order valence-corrected chi connectivity index (χ0v) is 26.0. The van der Waals surface area contributed by atoms with Crippen molar-refractivity contribution in [2.45, 2.75) is 0 Å². The summed E-state index contributed by atoms with van der Waals surface area (Å²) in [6.07, 6.45) is 0. The number of benzene rings is 7. The molecule has 0 aliphatic heterocycles. The van der Waals surface area contributed by atoms with Crippen LogP contribution in [-0.2, 0) is 0 Å². The average molecular weight is 629 g/mol. The van der Waals surface area contributed by atoms with E-state index in [-0.39, 0.29) is 0 Å². The lowest BCUT2D eigenvalue weighted by Crippen LogP contribution is -2.06. The second-order valence-corrected chi connectivity index (χ2v) is 12.4. The molecule has 4 aromatic heterocycles. The van der Waals surface area contributed by atoms with Crippen molar-refractivity contribution >= 4 is 76.5 Å². The summed E-state index contributed by atoms with van der Waals surface area (Å²) in [7, 11) is 0. The first-order chi connectivity index (χ1) is 24.3. The van der Waals surface area contributed by atoms with E-state index >= 15 is 0 Å². The van der Waals surface area contributed by atoms with E-state index in [9.17, 15) is 0 Å². The molecule has 228 valence electrons. The van der Waals surface area contributed by atoms with Crippen LogP contribution >= 0.6 is 0 Å². The molecule has 0 aliphatic carbocycles. The fourth-order valence-electron chi connectivity index (χ4n) is 7.46. The Kier molecular flexibility index (Phi) is 5.29. The Bertz CT molecular complexity index is 3080. The molecule has 11 rings (SSSR count). The van der Waals surface area contributed by atoms with E-state index in [0.717, 1.165) is 87.6 Å². The van der Waals surface area contributed by atoms with Crippen molar-refractivity contribution in [1.29, 1.82) is 0 Å². The minimum absolute atomic E-state index is 0.538. The van der Waals surface area contributed by atoms with Gasteiger partial charge in [0.25, 0.3) is 0 Å². The predicted octanol–water partition coefficient (Wildman–Crippen LogP) is 11.3. The summed E-state index contributed by atoms with van der Waals surface area (Å²) in [6.45, 7) is 0. The number of furan rings is 2. The summed E-state index contributed by atoms with van der Waals surface area (Å²) in [5.74, 6) is 1.65. The monoisotopic (exact) mass is 628 g/mol. The Morgan fingerprint density at radius 1 is 0.429 bits per heavy atom. The van der Waals surface area contributed by atoms with E-state index < -0.39 is 0 Å². The van der Waals surface area contributed by atoms with E-state index in [2.05, 4.69) is 108 Å². The molecule has 0 atom stereocenters. The van der Waals surface area contributed by atoms with E-state index in [0.29, 0.717) is 17.6 Å². The van der Waals surface area contributed by atoms with Crippen LogP contribution in [0.3, 0.4) is 0 Å². The first-order valence-corrected chi connectivity index (χ1v) is 16.3. The molecule has 0 unspecified atom stereocenters. The average Bonchev–Trinajstić information content (AvgIpc) is 3.84. The number of hydrogen-bond acceptors (Lipinski definition) is 5. The lowest BCUT2D eigenvalue weighted by molar-refractivity contribution is 0.669. The standard InChI is InChI=1S/C43H24N4O2/c1-5-16-34-27(11-1)28-12-2-6-17-35(28)47(34)43-45-41(26-21-22-31-29-13-3-7-18-36(29)48-38(31)24-26)44-42(46-43)33-15-9-10-25-20-23-32-30-14-4-8-19-37(30)49-40(32)39(25)33/h1-24H. The molecule has 6 heteroatoms. The molecule has 0 spiro atoms. The lowest BCUT2D eigenvalue weighted by atomic mass is 10.0. The summed E-state index contributed by atoms with van der Waals surface area (Å²) in [5, 5.41) is 8.56. The van der Waals surface area contributed by atoms with Gasteiger partial charge in [-0.25, -0.2) is 4.98 Å². The molecule has 0 saturated carbocycles. The molecule has 4 heterocycles. The number of hydrogen-bond donors (Lipinski definition) is 0. The summed E-state index contributed by atoms with van der Waals surface area (Å²) in [5.41, 5.74) is 7.06. The third-order valence-corrected chi connectivity index (χ3v) is 9.67. The molecule has 0 radical (unpaired) electrons. The van der Waals surface area contributed by atoms with Crippen molar-refractivity contribution in [3.8, 4) is 28.7 Å². The first-order valence-electron chi connectivity index (χ1n) is 16.3. The zero-order chi connectivity index (χ0) is 32.1. The van der Waals surface area contributed by atoms with Crippen LogP contribution in [0.15, 0.2) is 154 Å². The van der Waals surface area contributed by atoms with Gasteiger partial charge in [-0.05, 0) is 47.9 Å². The largest absolute Gasteiger partial charge is 0.456 e. The highest BCUT2D eigenvalue weighted by molar-refractivity contribution is 6.18. The fourth-order valence-corrected chi connectivity index (χ4v) is 7.46. The van der Waals surface area contributed by atoms with Gasteiger partial charge in [0.05, 0.1) is 11.0 Å². The number of aromatic nitrogens is 4. The second-order valence-electron chi connectivity index (χ2n) is 12.4. The summed E-state index contributed by atoms with van der Waals surface area (Å²) >= 11 is 0. The third-order valence-electron chi connectivity index (χ3n) is 9.67. The minimum Gasteiger partial charge on any atom is -0.456 e. The van der Waals surface area contributed by atoms with Crippen LogP contribution in [-0.4, -0.2) is 19.5 Å². The van der Waals surface area contributed by atoms with Crippen molar-refractivity contribution in [3.05, 3.63) is 146 Å². The molecule has 0 N–H and O–H groups in total. The Morgan fingerprint density at radius 3 is 1.82 bits per heavy atom. The summed E-state index contributed by atoms with van der Waals surface area (Å²) < 4.78 is 15.0. The van der Waals surface area contributed by atoms with E-state index in [1.807, 2.05) is 42.5 Å². The Balaban J connectivity index is 1.23. The fraction of sp³-hybridized carbons (Fsp3) is 0. The van der Waals surface area contributed by atoms with E-state index in [1.165, 1.54) is 0 Å². The number of para-hydroxylation sites is 4. The van der Waals surface area contributed by atoms with Crippen LogP contribution in [0, 0.1) is 0 Å². The lowest BCUT2D eigenvalue weighted by Gasteiger charge is -2.12. The number of fused-ring (bicyclic) bond motifs is 11. The number of nitrogens with zero attached hydrogens (tertiary/aromatic N) is 4. The maximum Gasteiger partial charge on any atom is 0.238 e. The van der Waals surface area contributed by atoms with Crippen molar-refractivity contribution in [1.82, 2.24) is 19.5 Å². The Hall–Kier alpha value is -6.79. The Morgan fingerprint density at radius 2 is 1.04 bits per heavy atom. The van der Waals surface area contributed by atoms with Gasteiger partial charge >= 0.3 is 0 Å². The number of rotatable bonds is 3. The summed E-state index contributed by atoms with van der Waals surface area (Å²) in [4.78, 5) is 15.6.